The van der Waals surface area contributed by atoms with Gasteiger partial charge < -0.3 is 19.6 Å². The van der Waals surface area contributed by atoms with Crippen molar-refractivity contribution in [3.05, 3.63) is 58.7 Å². The van der Waals surface area contributed by atoms with Crippen molar-refractivity contribution < 1.29 is 19.1 Å². The molecule has 8 heteroatoms. The maximum Gasteiger partial charge on any atom is 0.407 e. The van der Waals surface area contributed by atoms with Crippen molar-refractivity contribution in [3.8, 4) is 0 Å². The van der Waals surface area contributed by atoms with E-state index in [0.29, 0.717) is 17.7 Å². The van der Waals surface area contributed by atoms with Crippen LogP contribution in [0.1, 0.15) is 66.5 Å². The molecule has 2 aromatic heterocycles. The van der Waals surface area contributed by atoms with Gasteiger partial charge in [0, 0.05) is 40.2 Å². The fourth-order valence-corrected chi connectivity index (χ4v) is 6.51. The van der Waals surface area contributed by atoms with E-state index in [4.69, 9.17) is 4.74 Å². The average Bonchev–Trinajstić information content (AvgIpc) is 3.45. The Balaban J connectivity index is 1.50. The number of nitrogens with zero attached hydrogens (tertiary/aromatic N) is 1. The second-order valence-electron chi connectivity index (χ2n) is 12.6. The molecule has 8 nitrogen and oxygen atoms in total. The van der Waals surface area contributed by atoms with Crippen molar-refractivity contribution in [2.75, 3.05) is 0 Å². The van der Waals surface area contributed by atoms with Crippen LogP contribution in [0.5, 0.6) is 0 Å². The third kappa shape index (κ3) is 3.47. The highest BCUT2D eigenvalue weighted by Gasteiger charge is 2.38. The fraction of sp³-hybridized carbons (Fsp3) is 0.323. The zero-order chi connectivity index (χ0) is 27.4. The number of fused-ring (bicyclic) bond motifs is 10. The van der Waals surface area contributed by atoms with Gasteiger partial charge in [-0.05, 0) is 49.8 Å². The first-order valence-corrected chi connectivity index (χ1v) is 13.3. The Labute approximate surface area is 224 Å². The van der Waals surface area contributed by atoms with Crippen LogP contribution in [-0.4, -0.2) is 33.1 Å². The van der Waals surface area contributed by atoms with Gasteiger partial charge in [0.05, 0.1) is 27.7 Å². The number of aromatic amines is 1. The summed E-state index contributed by atoms with van der Waals surface area (Å²) in [5.41, 5.74) is 6.24. The first-order chi connectivity index (χ1) is 18.4. The van der Waals surface area contributed by atoms with E-state index in [1.807, 2.05) is 45.0 Å². The number of carbonyl (C=O) groups is 3. The Bertz CT molecular complexity index is 1930. The van der Waals surface area contributed by atoms with Crippen molar-refractivity contribution in [1.29, 1.82) is 0 Å². The van der Waals surface area contributed by atoms with Crippen molar-refractivity contribution in [2.45, 2.75) is 59.7 Å². The van der Waals surface area contributed by atoms with Crippen molar-refractivity contribution in [1.82, 2.24) is 20.2 Å². The van der Waals surface area contributed by atoms with Crippen LogP contribution < -0.4 is 10.6 Å². The third-order valence-electron chi connectivity index (χ3n) is 7.79. The highest BCUT2D eigenvalue weighted by Crippen LogP contribution is 2.47. The number of amides is 3. The summed E-state index contributed by atoms with van der Waals surface area (Å²) in [6.07, 6.45) is 0.462. The summed E-state index contributed by atoms with van der Waals surface area (Å²) >= 11 is 0. The SMILES string of the molecule is CC1(C)Cc2cccc3c4c5c(c6c7ccc(CNC(=O)OC(C)(C)C)cc7[nH]c6c4n(c23)C1)C(=O)NC5=O. The zero-order valence-corrected chi connectivity index (χ0v) is 22.7. The van der Waals surface area contributed by atoms with Crippen LogP contribution in [0.3, 0.4) is 0 Å². The summed E-state index contributed by atoms with van der Waals surface area (Å²) in [4.78, 5) is 42.3. The zero-order valence-electron chi connectivity index (χ0n) is 22.7. The number of benzene rings is 3. The summed E-state index contributed by atoms with van der Waals surface area (Å²) in [6, 6.07) is 12.1. The van der Waals surface area contributed by atoms with E-state index in [1.54, 1.807) is 0 Å². The van der Waals surface area contributed by atoms with Gasteiger partial charge in [-0.25, -0.2) is 4.79 Å². The van der Waals surface area contributed by atoms with Gasteiger partial charge in [-0.3, -0.25) is 14.9 Å². The summed E-state index contributed by atoms with van der Waals surface area (Å²) in [5.74, 6) is -0.719. The minimum atomic E-state index is -0.579. The highest BCUT2D eigenvalue weighted by atomic mass is 16.6. The van der Waals surface area contributed by atoms with E-state index >= 15 is 0 Å². The van der Waals surface area contributed by atoms with E-state index in [9.17, 15) is 14.4 Å². The van der Waals surface area contributed by atoms with E-state index in [0.717, 1.165) is 62.1 Å². The molecule has 0 bridgehead atoms. The minimum absolute atomic E-state index is 0.0309. The molecule has 2 aliphatic rings. The predicted octanol–water partition coefficient (Wildman–Crippen LogP) is 5.92. The number of hydrogen-bond acceptors (Lipinski definition) is 4. The average molecular weight is 523 g/mol. The minimum Gasteiger partial charge on any atom is -0.444 e. The molecule has 3 aromatic carbocycles. The van der Waals surface area contributed by atoms with Crippen molar-refractivity contribution in [3.63, 3.8) is 0 Å². The summed E-state index contributed by atoms with van der Waals surface area (Å²) in [5, 5.41) is 8.82. The fourth-order valence-electron chi connectivity index (χ4n) is 6.51. The van der Waals surface area contributed by atoms with Crippen LogP contribution in [0, 0.1) is 5.41 Å². The second kappa shape index (κ2) is 7.62. The lowest BCUT2D eigenvalue weighted by atomic mass is 9.82. The molecule has 4 heterocycles. The first-order valence-electron chi connectivity index (χ1n) is 13.3. The number of nitrogens with one attached hydrogen (secondary N) is 3. The Hall–Kier alpha value is -4.33. The van der Waals surface area contributed by atoms with E-state index in [2.05, 4.69) is 46.2 Å². The van der Waals surface area contributed by atoms with Gasteiger partial charge >= 0.3 is 6.09 Å². The lowest BCUT2D eigenvalue weighted by molar-refractivity contribution is 0.0523. The molecule has 7 rings (SSSR count). The number of ether oxygens (including phenoxy) is 1. The molecule has 3 N–H and O–H groups in total. The van der Waals surface area contributed by atoms with Gasteiger partial charge in [0.2, 0.25) is 0 Å². The molecule has 0 atom stereocenters. The largest absolute Gasteiger partial charge is 0.444 e. The predicted molar refractivity (Wildman–Crippen MR) is 151 cm³/mol. The quantitative estimate of drug-likeness (QED) is 0.250. The number of carbonyl (C=O) groups excluding carboxylic acids is 3. The smallest absolute Gasteiger partial charge is 0.407 e. The van der Waals surface area contributed by atoms with Gasteiger partial charge in [0.15, 0.2) is 0 Å². The standard InChI is InChI=1S/C31H30N4O4/c1-30(2,3)39-29(38)32-13-15-9-10-17-19(11-15)33-24-20(17)22-23(28(37)34-27(22)36)21-18-8-6-7-16-12-31(4,5)14-35(25(16)18)26(21)24/h6-11,33H,12-14H2,1-5H3,(H,32,38)(H,34,36,37). The molecule has 5 aromatic rings. The number of H-pyrrole nitrogens is 1. The Morgan fingerprint density at radius 2 is 1.77 bits per heavy atom. The molecule has 0 fully saturated rings. The lowest BCUT2D eigenvalue weighted by Crippen LogP contribution is -2.32. The van der Waals surface area contributed by atoms with E-state index in [-0.39, 0.29) is 17.2 Å². The molecule has 0 radical (unpaired) electrons. The van der Waals surface area contributed by atoms with E-state index < -0.39 is 11.7 Å². The van der Waals surface area contributed by atoms with Crippen LogP contribution in [0.2, 0.25) is 0 Å². The second-order valence-corrected chi connectivity index (χ2v) is 12.6. The molecule has 0 spiro atoms. The number of hydrogen-bond donors (Lipinski definition) is 3. The van der Waals surface area contributed by atoms with Crippen molar-refractivity contribution >= 4 is 61.5 Å². The molecule has 0 saturated carbocycles. The van der Waals surface area contributed by atoms with Gasteiger partial charge in [-0.1, -0.05) is 44.2 Å². The van der Waals surface area contributed by atoms with Gasteiger partial charge in [0.25, 0.3) is 11.8 Å². The lowest BCUT2D eigenvalue weighted by Gasteiger charge is -2.31. The summed E-state index contributed by atoms with van der Waals surface area (Å²) in [7, 11) is 0. The van der Waals surface area contributed by atoms with Crippen molar-refractivity contribution in [2.24, 2.45) is 5.41 Å². The maximum absolute atomic E-state index is 13.3. The number of aromatic nitrogens is 2. The van der Waals surface area contributed by atoms with Crippen LogP contribution in [0.25, 0.3) is 43.6 Å². The number of rotatable bonds is 2. The molecule has 39 heavy (non-hydrogen) atoms. The van der Waals surface area contributed by atoms with Crippen LogP contribution in [0.4, 0.5) is 4.79 Å². The van der Waals surface area contributed by atoms with Gasteiger partial charge in [-0.15, -0.1) is 0 Å². The van der Waals surface area contributed by atoms with Crippen LogP contribution in [-0.2, 0) is 24.2 Å². The molecular formula is C31H30N4O4. The molecular weight excluding hydrogens is 492 g/mol. The normalized spacial score (nSPS) is 16.3. The van der Waals surface area contributed by atoms with Crippen LogP contribution in [0.15, 0.2) is 36.4 Å². The number of alkyl carbamates (subject to hydrolysis) is 1. The number of imide groups is 1. The van der Waals surface area contributed by atoms with Gasteiger partial charge in [0.1, 0.15) is 5.60 Å². The Morgan fingerprint density at radius 1 is 1.03 bits per heavy atom. The van der Waals surface area contributed by atoms with Crippen LogP contribution >= 0.6 is 0 Å². The topological polar surface area (TPSA) is 105 Å². The Kier molecular flexibility index (Phi) is 4.64. The molecule has 0 saturated heterocycles. The molecule has 198 valence electrons. The molecule has 2 aliphatic heterocycles. The molecule has 0 aliphatic carbocycles. The summed E-state index contributed by atoms with van der Waals surface area (Å²) < 4.78 is 7.70. The molecule has 3 amide bonds. The first kappa shape index (κ1) is 23.8. The van der Waals surface area contributed by atoms with Gasteiger partial charge in [-0.2, -0.15) is 0 Å². The summed E-state index contributed by atoms with van der Waals surface area (Å²) in [6.45, 7) is 11.1. The van der Waals surface area contributed by atoms with E-state index in [1.165, 1.54) is 5.56 Å². The molecule has 0 unspecified atom stereocenters. The maximum atomic E-state index is 13.3. The highest BCUT2D eigenvalue weighted by molar-refractivity contribution is 6.39. The third-order valence-corrected chi connectivity index (χ3v) is 7.79. The number of para-hydroxylation sites is 1. The monoisotopic (exact) mass is 522 g/mol. The Morgan fingerprint density at radius 3 is 2.51 bits per heavy atom.